The summed E-state index contributed by atoms with van der Waals surface area (Å²) in [7, 11) is 0. The van der Waals surface area contributed by atoms with Crippen LogP contribution >= 0.6 is 23.1 Å². The Labute approximate surface area is 129 Å². The van der Waals surface area contributed by atoms with Crippen LogP contribution in [0.3, 0.4) is 0 Å². The molecule has 2 rings (SSSR count). The Morgan fingerprint density at radius 2 is 2.00 bits per heavy atom. The number of hydrogen-bond acceptors (Lipinski definition) is 9. The zero-order valence-corrected chi connectivity index (χ0v) is 13.2. The van der Waals surface area contributed by atoms with Crippen LogP contribution in [-0.2, 0) is 4.79 Å². The highest BCUT2D eigenvalue weighted by molar-refractivity contribution is 7.99. The van der Waals surface area contributed by atoms with Gasteiger partial charge in [-0.3, -0.25) is 10.1 Å². The van der Waals surface area contributed by atoms with Gasteiger partial charge in [0, 0.05) is 12.0 Å². The van der Waals surface area contributed by atoms with Crippen LogP contribution in [0.25, 0.3) is 0 Å². The second-order valence-electron chi connectivity index (χ2n) is 4.44. The first-order valence-corrected chi connectivity index (χ1v) is 7.90. The standard InChI is InChI=1S/C11H15N7OS2/c1-5(2)9-17-18-11(21-9)16-8(19)4-20-10-14-6(12)3-7(13)15-10/h3,5H,4H2,1-2H3,(H,16,18,19)(H4,12,13,14,15). The Morgan fingerprint density at radius 1 is 1.33 bits per heavy atom. The fraction of sp³-hybridized carbons (Fsp3) is 0.364. The first-order chi connectivity index (χ1) is 9.94. The van der Waals surface area contributed by atoms with Gasteiger partial charge in [0.2, 0.25) is 11.0 Å². The molecule has 2 aromatic heterocycles. The molecule has 0 saturated heterocycles. The molecule has 0 aromatic carbocycles. The minimum atomic E-state index is -0.212. The first kappa shape index (κ1) is 15.4. The van der Waals surface area contributed by atoms with Gasteiger partial charge in [-0.15, -0.1) is 10.2 Å². The molecule has 0 bridgehead atoms. The molecule has 0 aliphatic carbocycles. The summed E-state index contributed by atoms with van der Waals surface area (Å²) in [5, 5.41) is 12.3. The second-order valence-corrected chi connectivity index (χ2v) is 6.39. The van der Waals surface area contributed by atoms with Crippen LogP contribution < -0.4 is 16.8 Å². The fourth-order valence-corrected chi connectivity index (χ4v) is 2.76. The third-order valence-corrected chi connectivity index (χ3v) is 4.25. The summed E-state index contributed by atoms with van der Waals surface area (Å²) in [6.45, 7) is 4.03. The lowest BCUT2D eigenvalue weighted by molar-refractivity contribution is -0.113. The predicted octanol–water partition coefficient (Wildman–Crippen LogP) is 1.35. The van der Waals surface area contributed by atoms with Crippen molar-refractivity contribution in [2.75, 3.05) is 22.5 Å². The van der Waals surface area contributed by atoms with Gasteiger partial charge in [-0.25, -0.2) is 9.97 Å². The number of nitrogens with zero attached hydrogens (tertiary/aromatic N) is 4. The third kappa shape index (κ3) is 4.53. The second kappa shape index (κ2) is 6.68. The van der Waals surface area contributed by atoms with Gasteiger partial charge in [0.1, 0.15) is 16.6 Å². The van der Waals surface area contributed by atoms with E-state index in [0.717, 1.165) is 16.8 Å². The lowest BCUT2D eigenvalue weighted by Gasteiger charge is -2.02. The molecule has 2 aromatic rings. The van der Waals surface area contributed by atoms with Gasteiger partial charge in [-0.2, -0.15) is 0 Å². The monoisotopic (exact) mass is 325 g/mol. The summed E-state index contributed by atoms with van der Waals surface area (Å²) in [6.07, 6.45) is 0. The van der Waals surface area contributed by atoms with Crippen molar-refractivity contribution in [3.63, 3.8) is 0 Å². The molecule has 0 fully saturated rings. The molecule has 10 heteroatoms. The van der Waals surface area contributed by atoms with Crippen molar-refractivity contribution in [3.8, 4) is 0 Å². The van der Waals surface area contributed by atoms with Crippen molar-refractivity contribution in [1.29, 1.82) is 0 Å². The summed E-state index contributed by atoms with van der Waals surface area (Å²) in [5.41, 5.74) is 11.1. The molecular formula is C11H15N7OS2. The summed E-state index contributed by atoms with van der Waals surface area (Å²) < 4.78 is 0. The topological polar surface area (TPSA) is 133 Å². The number of rotatable bonds is 5. The first-order valence-electron chi connectivity index (χ1n) is 6.10. The van der Waals surface area contributed by atoms with Gasteiger partial charge in [0.25, 0.3) is 0 Å². The van der Waals surface area contributed by atoms with E-state index in [-0.39, 0.29) is 29.2 Å². The van der Waals surface area contributed by atoms with Crippen LogP contribution in [0.1, 0.15) is 24.8 Å². The molecule has 2 heterocycles. The lowest BCUT2D eigenvalue weighted by Crippen LogP contribution is -2.14. The number of hydrogen-bond donors (Lipinski definition) is 3. The Morgan fingerprint density at radius 3 is 2.57 bits per heavy atom. The van der Waals surface area contributed by atoms with Crippen LogP contribution in [-0.4, -0.2) is 31.8 Å². The number of thioether (sulfide) groups is 1. The number of aromatic nitrogens is 4. The van der Waals surface area contributed by atoms with Crippen LogP contribution in [0.2, 0.25) is 0 Å². The van der Waals surface area contributed by atoms with Gasteiger partial charge in [0.15, 0.2) is 5.16 Å². The van der Waals surface area contributed by atoms with Gasteiger partial charge < -0.3 is 11.5 Å². The van der Waals surface area contributed by atoms with Gasteiger partial charge in [0.05, 0.1) is 5.75 Å². The maximum Gasteiger partial charge on any atom is 0.236 e. The number of nitrogens with one attached hydrogen (secondary N) is 1. The minimum absolute atomic E-state index is 0.138. The van der Waals surface area contributed by atoms with Crippen molar-refractivity contribution >= 4 is 45.8 Å². The number of carbonyl (C=O) groups is 1. The van der Waals surface area contributed by atoms with E-state index in [0.29, 0.717) is 10.3 Å². The zero-order chi connectivity index (χ0) is 15.4. The summed E-state index contributed by atoms with van der Waals surface area (Å²) >= 11 is 2.51. The molecule has 5 N–H and O–H groups in total. The highest BCUT2D eigenvalue weighted by atomic mass is 32.2. The van der Waals surface area contributed by atoms with Crippen LogP contribution in [0, 0.1) is 0 Å². The number of amides is 1. The molecule has 0 spiro atoms. The molecule has 8 nitrogen and oxygen atoms in total. The van der Waals surface area contributed by atoms with E-state index >= 15 is 0 Å². The van der Waals surface area contributed by atoms with E-state index in [1.165, 1.54) is 17.4 Å². The molecule has 1 amide bonds. The summed E-state index contributed by atoms with van der Waals surface area (Å²) in [4.78, 5) is 19.8. The molecule has 0 radical (unpaired) electrons. The maximum absolute atomic E-state index is 11.8. The Balaban J connectivity index is 1.89. The normalized spacial score (nSPS) is 10.8. The summed E-state index contributed by atoms with van der Waals surface area (Å²) in [5.74, 6) is 0.758. The van der Waals surface area contributed by atoms with Crippen LogP contribution in [0.4, 0.5) is 16.8 Å². The maximum atomic E-state index is 11.8. The molecule has 0 unspecified atom stereocenters. The number of nitrogens with two attached hydrogens (primary N) is 2. The fourth-order valence-electron chi connectivity index (χ4n) is 1.33. The Kier molecular flexibility index (Phi) is 4.91. The van der Waals surface area contributed by atoms with Crippen molar-refractivity contribution < 1.29 is 4.79 Å². The molecule has 21 heavy (non-hydrogen) atoms. The highest BCUT2D eigenvalue weighted by Crippen LogP contribution is 2.23. The van der Waals surface area contributed by atoms with E-state index in [1.807, 2.05) is 13.8 Å². The van der Waals surface area contributed by atoms with Gasteiger partial charge in [-0.05, 0) is 0 Å². The van der Waals surface area contributed by atoms with Crippen molar-refractivity contribution in [3.05, 3.63) is 11.1 Å². The van der Waals surface area contributed by atoms with Crippen LogP contribution in [0.5, 0.6) is 0 Å². The highest BCUT2D eigenvalue weighted by Gasteiger charge is 2.11. The number of anilines is 3. The number of nitrogen functional groups attached to an aromatic ring is 2. The Bertz CT molecular complexity index is 623. The van der Waals surface area contributed by atoms with Crippen molar-refractivity contribution in [1.82, 2.24) is 20.2 Å². The molecular weight excluding hydrogens is 310 g/mol. The molecule has 0 aliphatic rings. The molecule has 0 aliphatic heterocycles. The quantitative estimate of drug-likeness (QED) is 0.554. The van der Waals surface area contributed by atoms with E-state index in [2.05, 4.69) is 25.5 Å². The van der Waals surface area contributed by atoms with Crippen LogP contribution in [0.15, 0.2) is 11.2 Å². The van der Waals surface area contributed by atoms with Crippen molar-refractivity contribution in [2.24, 2.45) is 0 Å². The molecule has 112 valence electrons. The van der Waals surface area contributed by atoms with E-state index in [4.69, 9.17) is 11.5 Å². The van der Waals surface area contributed by atoms with Gasteiger partial charge >= 0.3 is 0 Å². The summed E-state index contributed by atoms with van der Waals surface area (Å²) in [6, 6.07) is 1.46. The minimum Gasteiger partial charge on any atom is -0.383 e. The lowest BCUT2D eigenvalue weighted by atomic mass is 10.2. The third-order valence-electron chi connectivity index (χ3n) is 2.26. The SMILES string of the molecule is CC(C)c1nnc(NC(=O)CSc2nc(N)cc(N)n2)s1. The smallest absolute Gasteiger partial charge is 0.236 e. The zero-order valence-electron chi connectivity index (χ0n) is 11.5. The van der Waals surface area contributed by atoms with Gasteiger partial charge in [-0.1, -0.05) is 36.9 Å². The number of carbonyl (C=O) groups excluding carboxylic acids is 1. The molecule has 0 atom stereocenters. The van der Waals surface area contributed by atoms with E-state index < -0.39 is 0 Å². The average molecular weight is 325 g/mol. The van der Waals surface area contributed by atoms with E-state index in [1.54, 1.807) is 0 Å². The largest absolute Gasteiger partial charge is 0.383 e. The average Bonchev–Trinajstić information content (AvgIpc) is 2.84. The Hall–Kier alpha value is -1.94. The van der Waals surface area contributed by atoms with Crippen molar-refractivity contribution in [2.45, 2.75) is 24.9 Å². The predicted molar refractivity (Wildman–Crippen MR) is 84.2 cm³/mol. The van der Waals surface area contributed by atoms with E-state index in [9.17, 15) is 4.79 Å². The molecule has 0 saturated carbocycles.